The van der Waals surface area contributed by atoms with E-state index in [2.05, 4.69) is 21.2 Å². The molecule has 0 aliphatic rings. The van der Waals surface area contributed by atoms with Gasteiger partial charge in [-0.15, -0.1) is 0 Å². The van der Waals surface area contributed by atoms with Gasteiger partial charge < -0.3 is 5.32 Å². The fourth-order valence-corrected chi connectivity index (χ4v) is 2.15. The highest BCUT2D eigenvalue weighted by Crippen LogP contribution is 2.19. The van der Waals surface area contributed by atoms with Gasteiger partial charge in [-0.3, -0.25) is 9.99 Å². The number of nitrogens with zero attached hydrogens (tertiary/aromatic N) is 2. The van der Waals surface area contributed by atoms with Crippen LogP contribution in [0, 0.1) is 0 Å². The van der Waals surface area contributed by atoms with E-state index in [0.29, 0.717) is 0 Å². The van der Waals surface area contributed by atoms with Crippen LogP contribution in [0.2, 0.25) is 0 Å². The van der Waals surface area contributed by atoms with Crippen molar-refractivity contribution in [1.82, 2.24) is 20.4 Å². The molecule has 3 rings (SSSR count). The number of amides is 2. The Morgan fingerprint density at radius 1 is 1.10 bits per heavy atom. The molecule has 106 valence electrons. The summed E-state index contributed by atoms with van der Waals surface area (Å²) in [4.78, 5) is 15.8. The molecule has 0 saturated carbocycles. The fourth-order valence-electron chi connectivity index (χ4n) is 2.15. The van der Waals surface area contributed by atoms with E-state index in [-0.39, 0.29) is 6.03 Å². The molecule has 3 N–H and O–H groups in total. The summed E-state index contributed by atoms with van der Waals surface area (Å²) >= 11 is 0. The molecule has 0 fully saturated rings. The Morgan fingerprint density at radius 3 is 2.62 bits per heavy atom. The van der Waals surface area contributed by atoms with Crippen LogP contribution in [-0.4, -0.2) is 22.6 Å². The predicted octanol–water partition coefficient (Wildman–Crippen LogP) is 2.28. The molecule has 0 spiro atoms. The third kappa shape index (κ3) is 2.70. The fraction of sp³-hybridized carbons (Fsp3) is 0.0667. The first-order chi connectivity index (χ1) is 10.3. The van der Waals surface area contributed by atoms with Gasteiger partial charge in [0, 0.05) is 18.4 Å². The minimum atomic E-state index is -0.307. The van der Waals surface area contributed by atoms with Gasteiger partial charge >= 0.3 is 6.03 Å². The van der Waals surface area contributed by atoms with Gasteiger partial charge in [0.05, 0.1) is 11.0 Å². The van der Waals surface area contributed by atoms with E-state index in [1.54, 1.807) is 13.4 Å². The molecule has 6 heteroatoms. The number of aromatic nitrogens is 2. The van der Waals surface area contributed by atoms with Crippen LogP contribution >= 0.6 is 0 Å². The Morgan fingerprint density at radius 2 is 1.86 bits per heavy atom. The molecule has 21 heavy (non-hydrogen) atoms. The summed E-state index contributed by atoms with van der Waals surface area (Å²) in [7, 11) is 1.63. The lowest BCUT2D eigenvalue weighted by atomic mass is 10.2. The third-order valence-electron chi connectivity index (χ3n) is 3.10. The number of carbonyl (C=O) groups excluding carboxylic acids is 1. The van der Waals surface area contributed by atoms with Crippen molar-refractivity contribution >= 4 is 22.8 Å². The number of fused-ring (bicyclic) bond motifs is 1. The summed E-state index contributed by atoms with van der Waals surface area (Å²) in [5, 5.41) is 2.72. The molecular weight excluding hydrogens is 266 g/mol. The molecule has 1 aromatic heterocycles. The quantitative estimate of drug-likeness (QED) is 0.645. The second kappa shape index (κ2) is 5.64. The maximum atomic E-state index is 11.4. The maximum absolute atomic E-state index is 11.4. The van der Waals surface area contributed by atoms with Crippen molar-refractivity contribution in [2.45, 2.75) is 0 Å². The Hall–Kier alpha value is -2.86. The molecule has 1 heterocycles. The molecule has 3 aromatic rings. The number of hydrogen-bond acceptors (Lipinski definition) is 3. The van der Waals surface area contributed by atoms with Crippen LogP contribution in [0.3, 0.4) is 0 Å². The van der Waals surface area contributed by atoms with Gasteiger partial charge in [-0.05, 0) is 36.4 Å². The van der Waals surface area contributed by atoms with Crippen molar-refractivity contribution in [3.63, 3.8) is 0 Å². The Bertz CT molecular complexity index is 763. The Balaban J connectivity index is 1.85. The highest BCUT2D eigenvalue weighted by Gasteiger charge is 2.04. The van der Waals surface area contributed by atoms with Gasteiger partial charge in [0.2, 0.25) is 0 Å². The zero-order valence-electron chi connectivity index (χ0n) is 11.5. The molecule has 0 aliphatic carbocycles. The molecule has 2 aromatic carbocycles. The topological polar surface area (TPSA) is 71.0 Å². The van der Waals surface area contributed by atoms with Crippen molar-refractivity contribution in [3.8, 4) is 5.69 Å². The minimum absolute atomic E-state index is 0.307. The average molecular weight is 281 g/mol. The number of nitrogens with one attached hydrogen (secondary N) is 3. The van der Waals surface area contributed by atoms with Crippen molar-refractivity contribution in [3.05, 3.63) is 54.9 Å². The highest BCUT2D eigenvalue weighted by atomic mass is 16.2. The molecule has 0 radical (unpaired) electrons. The van der Waals surface area contributed by atoms with E-state index < -0.39 is 0 Å². The van der Waals surface area contributed by atoms with Crippen LogP contribution in [0.4, 0.5) is 10.5 Å². The lowest BCUT2D eigenvalue weighted by molar-refractivity contribution is 0.249. The first-order valence-corrected chi connectivity index (χ1v) is 6.54. The zero-order chi connectivity index (χ0) is 14.7. The largest absolute Gasteiger partial charge is 0.333 e. The molecule has 6 nitrogen and oxygen atoms in total. The van der Waals surface area contributed by atoms with E-state index in [1.807, 2.05) is 53.1 Å². The summed E-state index contributed by atoms with van der Waals surface area (Å²) in [6.45, 7) is 0. The van der Waals surface area contributed by atoms with E-state index in [1.165, 1.54) is 0 Å². The zero-order valence-corrected chi connectivity index (χ0v) is 11.5. The molecule has 2 amide bonds. The third-order valence-corrected chi connectivity index (χ3v) is 3.10. The second-order valence-electron chi connectivity index (χ2n) is 4.48. The van der Waals surface area contributed by atoms with Gasteiger partial charge in [0.25, 0.3) is 0 Å². The number of urea groups is 1. The minimum Gasteiger partial charge on any atom is -0.307 e. The highest BCUT2D eigenvalue weighted by molar-refractivity contribution is 5.89. The number of para-hydroxylation sites is 2. The van der Waals surface area contributed by atoms with Gasteiger partial charge in [-0.1, -0.05) is 12.1 Å². The van der Waals surface area contributed by atoms with E-state index >= 15 is 0 Å². The van der Waals surface area contributed by atoms with Gasteiger partial charge in [0.15, 0.2) is 0 Å². The Kier molecular flexibility index (Phi) is 3.53. The summed E-state index contributed by atoms with van der Waals surface area (Å²) in [5.41, 5.74) is 8.72. The Labute approximate surface area is 121 Å². The molecule has 0 unspecified atom stereocenters. The SMILES string of the molecule is CNNC(=O)Nc1ccc(-n2cnc3ccccc32)cc1. The average Bonchev–Trinajstić information content (AvgIpc) is 2.92. The number of anilines is 1. The number of benzene rings is 2. The number of imidazole rings is 1. The predicted molar refractivity (Wildman–Crippen MR) is 82.3 cm³/mol. The van der Waals surface area contributed by atoms with E-state index in [9.17, 15) is 4.79 Å². The molecule has 0 bridgehead atoms. The number of hydrogen-bond donors (Lipinski definition) is 3. The number of carbonyl (C=O) groups is 1. The summed E-state index contributed by atoms with van der Waals surface area (Å²) in [5.74, 6) is 0. The molecule has 0 atom stereocenters. The van der Waals surface area contributed by atoms with Crippen LogP contribution < -0.4 is 16.2 Å². The van der Waals surface area contributed by atoms with Crippen molar-refractivity contribution in [2.75, 3.05) is 12.4 Å². The lowest BCUT2D eigenvalue weighted by Gasteiger charge is -2.08. The van der Waals surface area contributed by atoms with Crippen LogP contribution in [-0.2, 0) is 0 Å². The van der Waals surface area contributed by atoms with E-state index in [0.717, 1.165) is 22.4 Å². The normalized spacial score (nSPS) is 10.5. The van der Waals surface area contributed by atoms with Crippen LogP contribution in [0.1, 0.15) is 0 Å². The number of rotatable bonds is 3. The van der Waals surface area contributed by atoms with Crippen LogP contribution in [0.5, 0.6) is 0 Å². The van der Waals surface area contributed by atoms with Crippen molar-refractivity contribution in [2.24, 2.45) is 0 Å². The van der Waals surface area contributed by atoms with Crippen LogP contribution in [0.15, 0.2) is 54.9 Å². The first kappa shape index (κ1) is 13.1. The number of hydrazine groups is 1. The maximum Gasteiger partial charge on any atom is 0.333 e. The van der Waals surface area contributed by atoms with Gasteiger partial charge in [0.1, 0.15) is 6.33 Å². The molecular formula is C15H15N5O. The smallest absolute Gasteiger partial charge is 0.307 e. The lowest BCUT2D eigenvalue weighted by Crippen LogP contribution is -2.37. The van der Waals surface area contributed by atoms with Crippen molar-refractivity contribution < 1.29 is 4.79 Å². The summed E-state index contributed by atoms with van der Waals surface area (Å²) in [6.07, 6.45) is 1.79. The first-order valence-electron chi connectivity index (χ1n) is 6.54. The summed E-state index contributed by atoms with van der Waals surface area (Å²) < 4.78 is 2.01. The molecule has 0 saturated heterocycles. The molecule has 0 aliphatic heterocycles. The van der Waals surface area contributed by atoms with E-state index in [4.69, 9.17) is 0 Å². The summed E-state index contributed by atoms with van der Waals surface area (Å²) in [6, 6.07) is 15.2. The van der Waals surface area contributed by atoms with Crippen molar-refractivity contribution in [1.29, 1.82) is 0 Å². The second-order valence-corrected chi connectivity index (χ2v) is 4.48. The monoisotopic (exact) mass is 281 g/mol. The standard InChI is InChI=1S/C15H15N5O/c1-16-19-15(21)18-11-6-8-12(9-7-11)20-10-17-13-4-2-3-5-14(13)20/h2-10,16H,1H3,(H2,18,19,21). The van der Waals surface area contributed by atoms with Gasteiger partial charge in [-0.2, -0.15) is 0 Å². The van der Waals surface area contributed by atoms with Gasteiger partial charge in [-0.25, -0.2) is 15.2 Å². The van der Waals surface area contributed by atoms with Crippen LogP contribution in [0.25, 0.3) is 16.7 Å².